The van der Waals surface area contributed by atoms with E-state index in [1.54, 1.807) is 23.6 Å². The van der Waals surface area contributed by atoms with Crippen LogP contribution in [0.15, 0.2) is 0 Å². The maximum atomic E-state index is 12.2. The summed E-state index contributed by atoms with van der Waals surface area (Å²) in [6, 6.07) is -0.340. The average molecular weight is 300 g/mol. The van der Waals surface area contributed by atoms with E-state index in [0.29, 0.717) is 12.3 Å². The van der Waals surface area contributed by atoms with E-state index in [4.69, 9.17) is 0 Å². The normalized spacial score (nSPS) is 25.4. The van der Waals surface area contributed by atoms with E-state index in [1.165, 1.54) is 0 Å². The third kappa shape index (κ3) is 3.88. The molecule has 2 N–H and O–H groups in total. The van der Waals surface area contributed by atoms with Crippen molar-refractivity contribution in [1.29, 1.82) is 0 Å². The Labute approximate surface area is 124 Å². The molecule has 1 saturated heterocycles. The molecule has 2 rings (SSSR count). The SMILES string of the molecule is CSCC(C)(O)CNC(=O)C1CCCN1C(=O)C1CC1. The zero-order chi connectivity index (χ0) is 14.8. The van der Waals surface area contributed by atoms with Crippen molar-refractivity contribution in [1.82, 2.24) is 10.2 Å². The van der Waals surface area contributed by atoms with Gasteiger partial charge in [0.05, 0.1) is 5.60 Å². The molecule has 0 bridgehead atoms. The van der Waals surface area contributed by atoms with Crippen molar-refractivity contribution in [2.45, 2.75) is 44.2 Å². The maximum absolute atomic E-state index is 12.2. The molecule has 1 heterocycles. The Morgan fingerprint density at radius 2 is 2.10 bits per heavy atom. The van der Waals surface area contributed by atoms with Crippen LogP contribution in [0, 0.1) is 5.92 Å². The summed E-state index contributed by atoms with van der Waals surface area (Å²) in [6.07, 6.45) is 5.47. The van der Waals surface area contributed by atoms with Crippen LogP contribution in [0.2, 0.25) is 0 Å². The van der Waals surface area contributed by atoms with Crippen LogP contribution in [-0.4, -0.2) is 58.6 Å². The molecule has 2 unspecified atom stereocenters. The van der Waals surface area contributed by atoms with Gasteiger partial charge in [-0.2, -0.15) is 11.8 Å². The van der Waals surface area contributed by atoms with Crippen molar-refractivity contribution < 1.29 is 14.7 Å². The van der Waals surface area contributed by atoms with Gasteiger partial charge < -0.3 is 15.3 Å². The highest BCUT2D eigenvalue weighted by atomic mass is 32.2. The predicted octanol–water partition coefficient (Wildman–Crippen LogP) is 0.618. The number of nitrogens with zero attached hydrogens (tertiary/aromatic N) is 1. The predicted molar refractivity (Wildman–Crippen MR) is 79.5 cm³/mol. The summed E-state index contributed by atoms with van der Waals surface area (Å²) in [7, 11) is 0. The summed E-state index contributed by atoms with van der Waals surface area (Å²) in [5.74, 6) is 0.738. The van der Waals surface area contributed by atoms with Crippen LogP contribution in [0.3, 0.4) is 0 Å². The van der Waals surface area contributed by atoms with E-state index in [-0.39, 0.29) is 30.3 Å². The second-order valence-electron chi connectivity index (χ2n) is 6.11. The van der Waals surface area contributed by atoms with Gasteiger partial charge in [0.2, 0.25) is 11.8 Å². The Kier molecular flexibility index (Phi) is 4.96. The first-order valence-corrected chi connectivity index (χ1v) is 8.63. The molecule has 2 fully saturated rings. The van der Waals surface area contributed by atoms with Gasteiger partial charge in [-0.3, -0.25) is 9.59 Å². The van der Waals surface area contributed by atoms with E-state index in [9.17, 15) is 14.7 Å². The number of carbonyl (C=O) groups excluding carboxylic acids is 2. The topological polar surface area (TPSA) is 69.6 Å². The van der Waals surface area contributed by atoms with Crippen molar-refractivity contribution in [3.8, 4) is 0 Å². The van der Waals surface area contributed by atoms with Gasteiger partial charge in [0.1, 0.15) is 6.04 Å². The Hall–Kier alpha value is -0.750. The number of likely N-dealkylation sites (tertiary alicyclic amines) is 1. The van der Waals surface area contributed by atoms with Gasteiger partial charge >= 0.3 is 0 Å². The summed E-state index contributed by atoms with van der Waals surface area (Å²) in [4.78, 5) is 26.1. The van der Waals surface area contributed by atoms with Gasteiger partial charge in [0, 0.05) is 24.8 Å². The number of hydrogen-bond acceptors (Lipinski definition) is 4. The second-order valence-corrected chi connectivity index (χ2v) is 6.98. The minimum absolute atomic E-state index is 0.127. The van der Waals surface area contributed by atoms with Crippen molar-refractivity contribution in [2.24, 2.45) is 5.92 Å². The monoisotopic (exact) mass is 300 g/mol. The van der Waals surface area contributed by atoms with Gasteiger partial charge in [-0.15, -0.1) is 0 Å². The van der Waals surface area contributed by atoms with Gasteiger partial charge in [-0.25, -0.2) is 0 Å². The van der Waals surface area contributed by atoms with Crippen LogP contribution in [0.1, 0.15) is 32.6 Å². The average Bonchev–Trinajstić information content (AvgIpc) is 3.12. The van der Waals surface area contributed by atoms with Gasteiger partial charge in [0.25, 0.3) is 0 Å². The Balaban J connectivity index is 1.86. The molecule has 6 heteroatoms. The summed E-state index contributed by atoms with van der Waals surface area (Å²) in [5.41, 5.74) is -0.904. The first kappa shape index (κ1) is 15.6. The minimum Gasteiger partial charge on any atom is -0.387 e. The molecule has 2 aliphatic rings. The maximum Gasteiger partial charge on any atom is 0.242 e. The minimum atomic E-state index is -0.904. The number of amides is 2. The van der Waals surface area contributed by atoms with Crippen LogP contribution in [0.5, 0.6) is 0 Å². The van der Waals surface area contributed by atoms with Gasteiger partial charge in [0.15, 0.2) is 0 Å². The van der Waals surface area contributed by atoms with E-state index in [2.05, 4.69) is 5.32 Å². The standard InChI is InChI=1S/C14H24N2O3S/c1-14(19,9-20-2)8-15-12(17)11-4-3-7-16(11)13(18)10-5-6-10/h10-11,19H,3-9H2,1-2H3,(H,15,17). The number of aliphatic hydroxyl groups is 1. The Bertz CT molecular complexity index is 383. The lowest BCUT2D eigenvalue weighted by Crippen LogP contribution is -2.50. The lowest BCUT2D eigenvalue weighted by molar-refractivity contribution is -0.139. The molecule has 1 aliphatic heterocycles. The van der Waals surface area contributed by atoms with Gasteiger partial charge in [-0.05, 0) is 38.9 Å². The first-order chi connectivity index (χ1) is 9.44. The van der Waals surface area contributed by atoms with Gasteiger partial charge in [-0.1, -0.05) is 0 Å². The lowest BCUT2D eigenvalue weighted by atomic mass is 10.1. The lowest BCUT2D eigenvalue weighted by Gasteiger charge is -2.27. The van der Waals surface area contributed by atoms with E-state index in [0.717, 1.165) is 25.7 Å². The largest absolute Gasteiger partial charge is 0.387 e. The Morgan fingerprint density at radius 3 is 2.70 bits per heavy atom. The van der Waals surface area contributed by atoms with E-state index in [1.807, 2.05) is 6.26 Å². The molecule has 0 aromatic heterocycles. The van der Waals surface area contributed by atoms with Crippen molar-refractivity contribution in [3.63, 3.8) is 0 Å². The molecule has 5 nitrogen and oxygen atoms in total. The molecule has 1 aliphatic carbocycles. The van der Waals surface area contributed by atoms with Crippen molar-refractivity contribution in [2.75, 3.05) is 25.1 Å². The number of thioether (sulfide) groups is 1. The molecular weight excluding hydrogens is 276 g/mol. The van der Waals surface area contributed by atoms with E-state index < -0.39 is 5.60 Å². The fourth-order valence-corrected chi connectivity index (χ4v) is 3.35. The molecule has 0 radical (unpaired) electrons. The third-order valence-electron chi connectivity index (χ3n) is 3.86. The zero-order valence-corrected chi connectivity index (χ0v) is 13.0. The molecule has 2 amide bonds. The van der Waals surface area contributed by atoms with Crippen molar-refractivity contribution >= 4 is 23.6 Å². The quantitative estimate of drug-likeness (QED) is 0.754. The fourth-order valence-electron chi connectivity index (χ4n) is 2.63. The van der Waals surface area contributed by atoms with Crippen LogP contribution in [0.25, 0.3) is 0 Å². The third-order valence-corrected chi connectivity index (χ3v) is 4.77. The second kappa shape index (κ2) is 6.35. The highest BCUT2D eigenvalue weighted by Gasteiger charge is 2.41. The zero-order valence-electron chi connectivity index (χ0n) is 12.2. The summed E-state index contributed by atoms with van der Waals surface area (Å²) < 4.78 is 0. The molecule has 0 spiro atoms. The molecule has 20 heavy (non-hydrogen) atoms. The van der Waals surface area contributed by atoms with Crippen LogP contribution in [0.4, 0.5) is 0 Å². The number of rotatable bonds is 6. The molecular formula is C14H24N2O3S. The van der Waals surface area contributed by atoms with Crippen molar-refractivity contribution in [3.05, 3.63) is 0 Å². The highest BCUT2D eigenvalue weighted by molar-refractivity contribution is 7.98. The first-order valence-electron chi connectivity index (χ1n) is 7.24. The molecule has 1 saturated carbocycles. The summed E-state index contributed by atoms with van der Waals surface area (Å²) in [6.45, 7) is 2.63. The number of hydrogen-bond donors (Lipinski definition) is 2. The summed E-state index contributed by atoms with van der Waals surface area (Å²) >= 11 is 1.54. The Morgan fingerprint density at radius 1 is 1.40 bits per heavy atom. The van der Waals surface area contributed by atoms with Crippen LogP contribution >= 0.6 is 11.8 Å². The molecule has 0 aromatic carbocycles. The van der Waals surface area contributed by atoms with Crippen LogP contribution in [-0.2, 0) is 9.59 Å². The number of carbonyl (C=O) groups is 2. The fraction of sp³-hybridized carbons (Fsp3) is 0.857. The van der Waals surface area contributed by atoms with Crippen LogP contribution < -0.4 is 5.32 Å². The molecule has 2 atom stereocenters. The smallest absolute Gasteiger partial charge is 0.242 e. The van der Waals surface area contributed by atoms with E-state index >= 15 is 0 Å². The highest BCUT2D eigenvalue weighted by Crippen LogP contribution is 2.33. The summed E-state index contributed by atoms with van der Waals surface area (Å²) in [5, 5.41) is 12.9. The number of nitrogens with one attached hydrogen (secondary N) is 1. The molecule has 114 valence electrons. The molecule has 0 aromatic rings.